The summed E-state index contributed by atoms with van der Waals surface area (Å²) in [4.78, 5) is 11.4. The van der Waals surface area contributed by atoms with E-state index in [-0.39, 0.29) is 33.3 Å². The van der Waals surface area contributed by atoms with Crippen LogP contribution in [0.1, 0.15) is 41.1 Å². The summed E-state index contributed by atoms with van der Waals surface area (Å²) in [5, 5.41) is 23.8. The van der Waals surface area contributed by atoms with Crippen LogP contribution < -0.4 is 19.9 Å². The van der Waals surface area contributed by atoms with Crippen LogP contribution in [0.2, 0.25) is 5.02 Å². The van der Waals surface area contributed by atoms with Crippen LogP contribution >= 0.6 is 11.6 Å². The molecule has 0 unspecified atom stereocenters. The first kappa shape index (κ1) is 29.5. The highest BCUT2D eigenvalue weighted by Crippen LogP contribution is 2.36. The monoisotopic (exact) mass is 616 g/mol. The lowest BCUT2D eigenvalue weighted by atomic mass is 10.0. The Morgan fingerprint density at radius 2 is 1.93 bits per heavy atom. The lowest BCUT2D eigenvalue weighted by Crippen LogP contribution is -2.36. The van der Waals surface area contributed by atoms with Gasteiger partial charge in [0, 0.05) is 22.3 Å². The van der Waals surface area contributed by atoms with Crippen LogP contribution in [0, 0.1) is 11.0 Å². The van der Waals surface area contributed by atoms with Gasteiger partial charge in [0.25, 0.3) is 5.91 Å². The molecule has 5 rings (SSSR count). The van der Waals surface area contributed by atoms with Gasteiger partial charge in [-0.25, -0.2) is 4.39 Å². The quantitative estimate of drug-likeness (QED) is 0.147. The minimum absolute atomic E-state index is 0.233. The van der Waals surface area contributed by atoms with Crippen molar-refractivity contribution in [3.8, 4) is 33.7 Å². The SMILES string of the molecule is CC[C@H](c1cc(OC)c(-c2cc(Cl)ccc2-[n+]2cc(C(F)(F)F)n[nH]2)c[n+]1[O-])n1cc(-c2ccc(C(N)=O)c(F)c2)cn1. The van der Waals surface area contributed by atoms with E-state index in [2.05, 4.69) is 15.4 Å². The molecule has 222 valence electrons. The van der Waals surface area contributed by atoms with E-state index < -0.39 is 29.6 Å². The Balaban J connectivity index is 1.55. The molecule has 5 aromatic rings. The minimum Gasteiger partial charge on any atom is -0.618 e. The second-order valence-corrected chi connectivity index (χ2v) is 9.89. The molecule has 1 atom stereocenters. The van der Waals surface area contributed by atoms with Crippen LogP contribution in [0.5, 0.6) is 5.75 Å². The Bertz CT molecular complexity index is 1840. The number of aromatic amines is 1. The van der Waals surface area contributed by atoms with Gasteiger partial charge < -0.3 is 15.7 Å². The van der Waals surface area contributed by atoms with Gasteiger partial charge in [-0.05, 0) is 42.3 Å². The van der Waals surface area contributed by atoms with Crippen LogP contribution in [0.15, 0.2) is 67.3 Å². The molecule has 2 aromatic carbocycles. The largest absolute Gasteiger partial charge is 0.618 e. The summed E-state index contributed by atoms with van der Waals surface area (Å²) in [5.41, 5.74) is 5.85. The molecule has 0 saturated carbocycles. The van der Waals surface area contributed by atoms with Crippen molar-refractivity contribution in [1.82, 2.24) is 20.1 Å². The maximum Gasteiger partial charge on any atom is 0.464 e. The van der Waals surface area contributed by atoms with Crippen LogP contribution in [-0.4, -0.2) is 33.1 Å². The van der Waals surface area contributed by atoms with Crippen molar-refractivity contribution in [2.75, 3.05) is 7.11 Å². The predicted molar refractivity (Wildman–Crippen MR) is 146 cm³/mol. The number of H-pyrrole nitrogens is 1. The third-order valence-corrected chi connectivity index (χ3v) is 7.05. The van der Waals surface area contributed by atoms with Crippen molar-refractivity contribution >= 4 is 17.5 Å². The topological polar surface area (TPSA) is 130 Å². The van der Waals surface area contributed by atoms with Gasteiger partial charge in [-0.1, -0.05) is 29.8 Å². The molecule has 0 radical (unpaired) electrons. The van der Waals surface area contributed by atoms with Gasteiger partial charge in [-0.3, -0.25) is 9.48 Å². The number of carbonyl (C=O) groups excluding carboxylic acids is 1. The van der Waals surface area contributed by atoms with E-state index >= 15 is 0 Å². The number of nitrogens with two attached hydrogens (primary N) is 1. The second kappa shape index (κ2) is 11.4. The average Bonchev–Trinajstić information content (AvgIpc) is 3.65. The normalized spacial score (nSPS) is 12.3. The fraction of sp³-hybridized carbons (Fsp3) is 0.179. The van der Waals surface area contributed by atoms with Crippen molar-refractivity contribution in [3.63, 3.8) is 0 Å². The summed E-state index contributed by atoms with van der Waals surface area (Å²) < 4.78 is 62.8. The van der Waals surface area contributed by atoms with E-state index in [1.165, 1.54) is 62.0 Å². The molecule has 0 fully saturated rings. The number of halogens is 5. The van der Waals surface area contributed by atoms with Gasteiger partial charge in [0.1, 0.15) is 17.6 Å². The minimum atomic E-state index is -4.67. The number of primary amides is 1. The van der Waals surface area contributed by atoms with Gasteiger partial charge in [0.05, 0.1) is 35.6 Å². The Hall–Kier alpha value is -4.98. The summed E-state index contributed by atoms with van der Waals surface area (Å²) in [6.45, 7) is 1.84. The van der Waals surface area contributed by atoms with Gasteiger partial charge in [0.15, 0.2) is 18.1 Å². The van der Waals surface area contributed by atoms with Gasteiger partial charge in [-0.15, -0.1) is 4.68 Å². The molecule has 3 aromatic heterocycles. The van der Waals surface area contributed by atoms with E-state index in [0.717, 1.165) is 10.9 Å². The van der Waals surface area contributed by atoms with Gasteiger partial charge in [0.2, 0.25) is 5.69 Å². The Labute approximate surface area is 246 Å². The van der Waals surface area contributed by atoms with Crippen molar-refractivity contribution in [2.24, 2.45) is 5.73 Å². The fourth-order valence-electron chi connectivity index (χ4n) is 4.71. The van der Waals surface area contributed by atoms with Crippen molar-refractivity contribution in [1.29, 1.82) is 0 Å². The molecule has 0 aliphatic heterocycles. The van der Waals surface area contributed by atoms with E-state index in [9.17, 15) is 27.6 Å². The molecule has 3 N–H and O–H groups in total. The lowest BCUT2D eigenvalue weighted by molar-refractivity contribution is -0.659. The van der Waals surface area contributed by atoms with E-state index in [4.69, 9.17) is 22.1 Å². The maximum atomic E-state index is 14.4. The highest BCUT2D eigenvalue weighted by atomic mass is 35.5. The summed E-state index contributed by atoms with van der Waals surface area (Å²) in [7, 11) is 1.39. The van der Waals surface area contributed by atoms with Crippen molar-refractivity contribution in [2.45, 2.75) is 25.6 Å². The number of pyridine rings is 1. The first-order valence-electron chi connectivity index (χ1n) is 12.7. The zero-order chi connectivity index (χ0) is 31.1. The van der Waals surface area contributed by atoms with E-state index in [0.29, 0.717) is 27.8 Å². The first-order valence-corrected chi connectivity index (χ1v) is 13.1. The molecule has 10 nitrogen and oxygen atoms in total. The zero-order valence-electron chi connectivity index (χ0n) is 22.6. The molecule has 15 heteroatoms. The number of amides is 1. The van der Waals surface area contributed by atoms with Crippen molar-refractivity contribution < 1.29 is 36.5 Å². The standard InChI is InChI=1S/C28H22ClF4N7O3/c1-3-22(38-12-16(11-35-38)15-4-6-18(27(34)41)21(30)8-15)24-10-25(43-2)20(13-40(24)42)19-9-17(29)5-7-23(19)39-14-26(36-37-39)28(31,32)33/h4-14,22H,3H2,1-2H3,(H2,34,41)/p+1/t22-/m1/s1. The summed E-state index contributed by atoms with van der Waals surface area (Å²) in [5.74, 6) is -1.41. The molecule has 1 amide bonds. The maximum absolute atomic E-state index is 14.4. The summed E-state index contributed by atoms with van der Waals surface area (Å²) >= 11 is 6.24. The number of alkyl halides is 3. The van der Waals surface area contributed by atoms with Crippen molar-refractivity contribution in [3.05, 3.63) is 100 Å². The first-order chi connectivity index (χ1) is 20.4. The van der Waals surface area contributed by atoms with E-state index in [1.807, 2.05) is 6.92 Å². The second-order valence-electron chi connectivity index (χ2n) is 9.45. The number of nitrogens with zero attached hydrogens (tertiary/aromatic N) is 5. The highest BCUT2D eigenvalue weighted by molar-refractivity contribution is 6.31. The van der Waals surface area contributed by atoms with Gasteiger partial charge in [-0.2, -0.15) is 23.0 Å². The van der Waals surface area contributed by atoms with Gasteiger partial charge >= 0.3 is 11.9 Å². The smallest absolute Gasteiger partial charge is 0.464 e. The third kappa shape index (κ3) is 5.73. The number of aromatic nitrogens is 6. The molecule has 3 heterocycles. The number of hydrogen-bond acceptors (Lipinski definition) is 5. The molecule has 0 bridgehead atoms. The number of nitrogens with one attached hydrogen (secondary N) is 1. The third-order valence-electron chi connectivity index (χ3n) is 6.81. The molecular weight excluding hydrogens is 594 g/mol. The molecule has 0 spiro atoms. The number of benzene rings is 2. The average molecular weight is 617 g/mol. The van der Waals surface area contributed by atoms with E-state index in [1.54, 1.807) is 10.9 Å². The predicted octanol–water partition coefficient (Wildman–Crippen LogP) is 4.77. The molecule has 0 aliphatic carbocycles. The zero-order valence-corrected chi connectivity index (χ0v) is 23.3. The Morgan fingerprint density at radius 1 is 1.16 bits per heavy atom. The van der Waals surface area contributed by atoms with Crippen LogP contribution in [0.4, 0.5) is 17.6 Å². The number of hydrogen-bond donors (Lipinski definition) is 2. The lowest BCUT2D eigenvalue weighted by Gasteiger charge is -2.18. The Kier molecular flexibility index (Phi) is 7.80. The molecule has 43 heavy (non-hydrogen) atoms. The molecule has 0 aliphatic rings. The van der Waals surface area contributed by atoms with Crippen LogP contribution in [0.25, 0.3) is 27.9 Å². The summed E-state index contributed by atoms with van der Waals surface area (Å²) in [6.07, 6.45) is 0.916. The fourth-order valence-corrected chi connectivity index (χ4v) is 4.88. The van der Waals surface area contributed by atoms with Crippen LogP contribution in [-0.2, 0) is 6.18 Å². The summed E-state index contributed by atoms with van der Waals surface area (Å²) in [6, 6.07) is 9.39. The number of methoxy groups -OCH3 is 1. The molecule has 0 saturated heterocycles. The number of ether oxygens (including phenoxy) is 1. The Morgan fingerprint density at radius 3 is 2.56 bits per heavy atom. The number of carbonyl (C=O) groups is 1. The van der Waals surface area contributed by atoms with Crippen LogP contribution in [0.3, 0.4) is 0 Å². The molecular formula is C28H23ClF4N7O3+. The number of rotatable bonds is 8. The highest BCUT2D eigenvalue weighted by Gasteiger charge is 2.41.